The second-order valence-corrected chi connectivity index (χ2v) is 8.24. The van der Waals surface area contributed by atoms with Crippen molar-refractivity contribution in [3.8, 4) is 0 Å². The Balaban J connectivity index is 2.99. The predicted octanol–water partition coefficient (Wildman–Crippen LogP) is 5.12. The van der Waals surface area contributed by atoms with Crippen molar-refractivity contribution in [1.82, 2.24) is 0 Å². The highest BCUT2D eigenvalue weighted by molar-refractivity contribution is 9.10. The Kier molecular flexibility index (Phi) is 6.06. The van der Waals surface area contributed by atoms with E-state index in [0.29, 0.717) is 0 Å². The van der Waals surface area contributed by atoms with Gasteiger partial charge in [-0.25, -0.2) is 0 Å². The van der Waals surface area contributed by atoms with Gasteiger partial charge in [0.1, 0.15) is 4.57 Å². The summed E-state index contributed by atoms with van der Waals surface area (Å²) in [5.41, 5.74) is 0.891. The Morgan fingerprint density at radius 1 is 1.00 bits per heavy atom. The fourth-order valence-electron chi connectivity index (χ4n) is 1.51. The zero-order chi connectivity index (χ0) is 13.8. The van der Waals surface area contributed by atoms with Crippen LogP contribution < -0.4 is 0 Å². The van der Waals surface area contributed by atoms with Crippen molar-refractivity contribution in [2.24, 2.45) is 0 Å². The van der Waals surface area contributed by atoms with Crippen LogP contribution >= 0.6 is 23.5 Å². The molecule has 1 unspecified atom stereocenters. The second-order valence-electron chi connectivity index (χ2n) is 4.59. The molecular formula is C13H20BrO3P. The summed E-state index contributed by atoms with van der Waals surface area (Å²) in [6.45, 7) is 7.39. The smallest absolute Gasteiger partial charge is 0.305 e. The summed E-state index contributed by atoms with van der Waals surface area (Å²) in [5, 5.41) is 0. The minimum absolute atomic E-state index is 0.154. The summed E-state index contributed by atoms with van der Waals surface area (Å²) in [6.07, 6.45) is -0.309. The Hall–Kier alpha value is -0.150. The van der Waals surface area contributed by atoms with Gasteiger partial charge in [0.05, 0.1) is 12.2 Å². The molecule has 3 nitrogen and oxygen atoms in total. The Bertz CT molecular complexity index is 392. The number of alkyl halides is 1. The fraction of sp³-hybridized carbons (Fsp3) is 0.538. The van der Waals surface area contributed by atoms with Crippen molar-refractivity contribution in [3.63, 3.8) is 0 Å². The lowest BCUT2D eigenvalue weighted by atomic mass is 10.2. The van der Waals surface area contributed by atoms with Gasteiger partial charge in [-0.15, -0.1) is 0 Å². The quantitative estimate of drug-likeness (QED) is 0.534. The van der Waals surface area contributed by atoms with E-state index < -0.39 is 12.2 Å². The Morgan fingerprint density at radius 3 is 1.83 bits per heavy atom. The van der Waals surface area contributed by atoms with Crippen LogP contribution in [0.4, 0.5) is 0 Å². The third-order valence-corrected chi connectivity index (χ3v) is 6.39. The van der Waals surface area contributed by atoms with Gasteiger partial charge < -0.3 is 9.05 Å². The van der Waals surface area contributed by atoms with Crippen LogP contribution in [0.15, 0.2) is 30.3 Å². The third-order valence-electron chi connectivity index (χ3n) is 2.07. The first-order valence-corrected chi connectivity index (χ1v) is 8.53. The van der Waals surface area contributed by atoms with Crippen molar-refractivity contribution in [2.75, 3.05) is 0 Å². The SMILES string of the molecule is CC(C)OP(=O)(OC(C)C)C(Br)c1ccccc1. The molecule has 5 heteroatoms. The third kappa shape index (κ3) is 4.51. The summed E-state index contributed by atoms with van der Waals surface area (Å²) < 4.78 is 23.5. The first-order valence-electron chi connectivity index (χ1n) is 6.00. The normalized spacial score (nSPS) is 14.2. The zero-order valence-corrected chi connectivity index (χ0v) is 13.6. The van der Waals surface area contributed by atoms with Crippen molar-refractivity contribution in [3.05, 3.63) is 35.9 Å². The lowest BCUT2D eigenvalue weighted by Crippen LogP contribution is -2.10. The maximum atomic E-state index is 12.8. The van der Waals surface area contributed by atoms with E-state index in [9.17, 15) is 4.57 Å². The summed E-state index contributed by atoms with van der Waals surface area (Å²) in [7, 11) is -3.23. The van der Waals surface area contributed by atoms with E-state index in [2.05, 4.69) is 15.9 Å². The van der Waals surface area contributed by atoms with Crippen LogP contribution in [0, 0.1) is 0 Å². The lowest BCUT2D eigenvalue weighted by Gasteiger charge is -2.26. The highest BCUT2D eigenvalue weighted by Gasteiger charge is 2.37. The molecule has 1 rings (SSSR count). The predicted molar refractivity (Wildman–Crippen MR) is 78.2 cm³/mol. The molecule has 102 valence electrons. The van der Waals surface area contributed by atoms with Crippen LogP contribution in [0.1, 0.15) is 37.8 Å². The highest BCUT2D eigenvalue weighted by atomic mass is 79.9. The van der Waals surface area contributed by atoms with Crippen molar-refractivity contribution in [1.29, 1.82) is 0 Å². The molecule has 0 aliphatic carbocycles. The van der Waals surface area contributed by atoms with Gasteiger partial charge in [0, 0.05) is 0 Å². The van der Waals surface area contributed by atoms with E-state index in [0.717, 1.165) is 5.56 Å². The van der Waals surface area contributed by atoms with E-state index in [4.69, 9.17) is 9.05 Å². The molecule has 18 heavy (non-hydrogen) atoms. The molecule has 1 aromatic carbocycles. The van der Waals surface area contributed by atoms with Gasteiger partial charge in [-0.3, -0.25) is 4.57 Å². The summed E-state index contributed by atoms with van der Waals surface area (Å²) in [6, 6.07) is 9.52. The first kappa shape index (κ1) is 15.9. The van der Waals surface area contributed by atoms with E-state index in [1.807, 2.05) is 58.0 Å². The first-order chi connectivity index (χ1) is 8.35. The number of rotatable bonds is 6. The van der Waals surface area contributed by atoms with Gasteiger partial charge in [0.2, 0.25) is 0 Å². The molecule has 0 saturated heterocycles. The molecule has 1 atom stereocenters. The highest BCUT2D eigenvalue weighted by Crippen LogP contribution is 2.65. The molecule has 0 amide bonds. The van der Waals surface area contributed by atoms with Crippen LogP contribution in [-0.2, 0) is 13.6 Å². The molecule has 0 bridgehead atoms. The van der Waals surface area contributed by atoms with Crippen molar-refractivity contribution in [2.45, 2.75) is 44.5 Å². The number of hydrogen-bond acceptors (Lipinski definition) is 3. The molecule has 1 aromatic rings. The van der Waals surface area contributed by atoms with Gasteiger partial charge in [-0.1, -0.05) is 46.3 Å². The number of benzene rings is 1. The van der Waals surface area contributed by atoms with Gasteiger partial charge >= 0.3 is 7.60 Å². The van der Waals surface area contributed by atoms with E-state index >= 15 is 0 Å². The Morgan fingerprint density at radius 2 is 1.44 bits per heavy atom. The molecule has 0 N–H and O–H groups in total. The molecular weight excluding hydrogens is 315 g/mol. The van der Waals surface area contributed by atoms with Crippen LogP contribution in [-0.4, -0.2) is 12.2 Å². The van der Waals surface area contributed by atoms with E-state index in [-0.39, 0.29) is 12.2 Å². The average Bonchev–Trinajstić information content (AvgIpc) is 2.27. The topological polar surface area (TPSA) is 35.5 Å². The van der Waals surface area contributed by atoms with Gasteiger partial charge in [-0.2, -0.15) is 0 Å². The summed E-state index contributed by atoms with van der Waals surface area (Å²) in [5.74, 6) is 0. The van der Waals surface area contributed by atoms with Gasteiger partial charge in [0.25, 0.3) is 0 Å². The average molecular weight is 335 g/mol. The molecule has 0 spiro atoms. The lowest BCUT2D eigenvalue weighted by molar-refractivity contribution is 0.141. The van der Waals surface area contributed by atoms with Crippen LogP contribution in [0.2, 0.25) is 0 Å². The monoisotopic (exact) mass is 334 g/mol. The van der Waals surface area contributed by atoms with E-state index in [1.165, 1.54) is 0 Å². The number of hydrogen-bond donors (Lipinski definition) is 0. The summed E-state index contributed by atoms with van der Waals surface area (Å²) in [4.78, 5) is 0. The largest absolute Gasteiger partial charge is 0.349 e. The van der Waals surface area contributed by atoms with Crippen molar-refractivity contribution < 1.29 is 13.6 Å². The zero-order valence-electron chi connectivity index (χ0n) is 11.2. The van der Waals surface area contributed by atoms with E-state index in [1.54, 1.807) is 0 Å². The summed E-state index contributed by atoms with van der Waals surface area (Å²) >= 11 is 3.45. The minimum atomic E-state index is -3.23. The van der Waals surface area contributed by atoms with Gasteiger partial charge in [0.15, 0.2) is 0 Å². The number of halogens is 1. The molecule has 0 fully saturated rings. The van der Waals surface area contributed by atoms with Crippen LogP contribution in [0.5, 0.6) is 0 Å². The second kappa shape index (κ2) is 6.85. The molecule has 0 radical (unpaired) electrons. The van der Waals surface area contributed by atoms with Gasteiger partial charge in [-0.05, 0) is 33.3 Å². The molecule has 0 aliphatic heterocycles. The molecule has 0 heterocycles. The maximum Gasteiger partial charge on any atom is 0.349 e. The Labute approximate surface area is 118 Å². The minimum Gasteiger partial charge on any atom is -0.305 e. The van der Waals surface area contributed by atoms with Crippen molar-refractivity contribution >= 4 is 23.5 Å². The maximum absolute atomic E-state index is 12.8. The van der Waals surface area contributed by atoms with Crippen LogP contribution in [0.3, 0.4) is 0 Å². The molecule has 0 aliphatic rings. The van der Waals surface area contributed by atoms with Crippen LogP contribution in [0.25, 0.3) is 0 Å². The fourth-order valence-corrected chi connectivity index (χ4v) is 4.37. The standard InChI is InChI=1S/C13H20BrO3P/c1-10(2)16-18(15,17-11(3)4)13(14)12-8-6-5-7-9-12/h5-11,13H,1-4H3. The molecule has 0 aromatic heterocycles. The molecule has 0 saturated carbocycles.